The van der Waals surface area contributed by atoms with Crippen molar-refractivity contribution < 1.29 is 18.9 Å². The number of hydrogen-bond donors (Lipinski definition) is 2. The zero-order valence-electron chi connectivity index (χ0n) is 17.2. The van der Waals surface area contributed by atoms with Crippen LogP contribution in [0.4, 0.5) is 11.8 Å². The Labute approximate surface area is 245 Å². The minimum Gasteiger partial charge on any atom is -0.496 e. The van der Waals surface area contributed by atoms with E-state index in [1.807, 2.05) is 30.3 Å². The quantitative estimate of drug-likeness (QED) is 0.309. The predicted molar refractivity (Wildman–Crippen MR) is 159 cm³/mol. The molecule has 0 spiro atoms. The summed E-state index contributed by atoms with van der Waals surface area (Å²) in [5, 5.41) is 8.38. The molecule has 0 saturated heterocycles. The van der Waals surface area contributed by atoms with Crippen LogP contribution in [0.3, 0.4) is 0 Å². The largest absolute Gasteiger partial charge is 0.496 e. The number of ether oxygens (including phenoxy) is 4. The Kier molecular flexibility index (Phi) is 11.5. The summed E-state index contributed by atoms with van der Waals surface area (Å²) < 4.78 is 25.1. The van der Waals surface area contributed by atoms with E-state index in [2.05, 4.69) is 100 Å². The van der Waals surface area contributed by atoms with Gasteiger partial charge in [0.2, 0.25) is 5.95 Å². The lowest BCUT2D eigenvalue weighted by molar-refractivity contribution is 0.362. The first-order valence-electron chi connectivity index (χ1n) is 8.81. The summed E-state index contributed by atoms with van der Waals surface area (Å²) in [5.74, 6) is 3.67. The lowest BCUT2D eigenvalue weighted by atomic mass is 10.3. The summed E-state index contributed by atoms with van der Waals surface area (Å²) in [6, 6.07) is 9.41. The van der Waals surface area contributed by atoms with E-state index in [1.54, 1.807) is 14.2 Å². The lowest BCUT2D eigenvalue weighted by Crippen LogP contribution is -2.02. The van der Waals surface area contributed by atoms with Crippen molar-refractivity contribution in [2.75, 3.05) is 32.3 Å². The monoisotopic (exact) mass is 899 g/mol. The fourth-order valence-electron chi connectivity index (χ4n) is 2.23. The predicted octanol–water partition coefficient (Wildman–Crippen LogP) is 5.46. The molecule has 1 heterocycles. The van der Waals surface area contributed by atoms with Gasteiger partial charge in [0.05, 0.1) is 34.7 Å². The van der Waals surface area contributed by atoms with Crippen LogP contribution in [-0.2, 0) is 0 Å². The van der Waals surface area contributed by atoms with Crippen molar-refractivity contribution in [3.8, 4) is 34.8 Å². The van der Waals surface area contributed by atoms with Gasteiger partial charge in [0.15, 0.2) is 18.2 Å². The summed E-state index contributed by atoms with van der Waals surface area (Å²) in [6.45, 7) is 0.0679. The number of halogens is 4. The average molecular weight is 899 g/mol. The molecule has 0 fully saturated rings. The van der Waals surface area contributed by atoms with E-state index >= 15 is 0 Å². The standard InChI is InChI=1S/C11H10I2N4O2.C9H7I2NO2/c1-18-7-2-6(13)8(3-5(7)12)19-9-4-16-11(15)17-10(9)14;1-13-8-4-7(11)9(5-6(8)10)14-3-2-12/h2-4H,1H3,(H4,14,15,16,17);4-5H,3H2,1H3. The van der Waals surface area contributed by atoms with E-state index in [0.717, 1.165) is 31.5 Å². The van der Waals surface area contributed by atoms with Crippen LogP contribution in [0.1, 0.15) is 0 Å². The first-order valence-corrected chi connectivity index (χ1v) is 13.1. The summed E-state index contributed by atoms with van der Waals surface area (Å²) >= 11 is 8.64. The van der Waals surface area contributed by atoms with Gasteiger partial charge in [-0.25, -0.2) is 4.98 Å². The second kappa shape index (κ2) is 13.6. The molecule has 0 amide bonds. The molecule has 174 valence electrons. The molecule has 0 unspecified atom stereocenters. The van der Waals surface area contributed by atoms with Crippen LogP contribution in [0.5, 0.6) is 28.7 Å². The Hall–Kier alpha value is -1.27. The number of nitriles is 1. The highest BCUT2D eigenvalue weighted by Crippen LogP contribution is 2.35. The van der Waals surface area contributed by atoms with Gasteiger partial charge >= 0.3 is 0 Å². The van der Waals surface area contributed by atoms with Crippen LogP contribution < -0.4 is 30.4 Å². The normalized spacial score (nSPS) is 9.85. The molecule has 0 aliphatic heterocycles. The SMILES string of the molecule is COc1cc(I)c(OCC#N)cc1I.COc1cc(I)c(Oc2cnc(N)nc2N)cc1I. The van der Waals surface area contributed by atoms with Crippen LogP contribution >= 0.6 is 90.4 Å². The van der Waals surface area contributed by atoms with Crippen molar-refractivity contribution in [2.45, 2.75) is 0 Å². The van der Waals surface area contributed by atoms with Crippen molar-refractivity contribution in [1.82, 2.24) is 9.97 Å². The number of hydrogen-bond acceptors (Lipinski definition) is 9. The van der Waals surface area contributed by atoms with Gasteiger partial charge in [-0.1, -0.05) is 0 Å². The molecule has 2 aromatic carbocycles. The molecule has 3 aromatic rings. The highest BCUT2D eigenvalue weighted by molar-refractivity contribution is 14.1. The molecule has 0 radical (unpaired) electrons. The number of anilines is 2. The van der Waals surface area contributed by atoms with E-state index in [0.29, 0.717) is 11.5 Å². The lowest BCUT2D eigenvalue weighted by Gasteiger charge is -2.11. The van der Waals surface area contributed by atoms with E-state index in [1.165, 1.54) is 6.20 Å². The van der Waals surface area contributed by atoms with Crippen LogP contribution in [0.15, 0.2) is 30.5 Å². The number of aromatic nitrogens is 2. The maximum Gasteiger partial charge on any atom is 0.222 e. The van der Waals surface area contributed by atoms with E-state index < -0.39 is 0 Å². The Morgan fingerprint density at radius 1 is 0.818 bits per heavy atom. The minimum atomic E-state index is 0.0679. The first-order chi connectivity index (χ1) is 15.7. The smallest absolute Gasteiger partial charge is 0.222 e. The summed E-state index contributed by atoms with van der Waals surface area (Å²) in [7, 11) is 3.25. The van der Waals surface area contributed by atoms with Gasteiger partial charge in [-0.3, -0.25) is 0 Å². The first kappa shape index (κ1) is 28.0. The third-order valence-corrected chi connectivity index (χ3v) is 7.10. The summed E-state index contributed by atoms with van der Waals surface area (Å²) in [4.78, 5) is 7.70. The molecule has 1 aromatic heterocycles. The van der Waals surface area contributed by atoms with Gasteiger partial charge in [0.1, 0.15) is 29.1 Å². The molecule has 33 heavy (non-hydrogen) atoms. The number of benzene rings is 2. The fraction of sp³-hybridized carbons (Fsp3) is 0.150. The van der Waals surface area contributed by atoms with Gasteiger partial charge in [0.25, 0.3) is 0 Å². The van der Waals surface area contributed by atoms with Crippen LogP contribution in [0.2, 0.25) is 0 Å². The van der Waals surface area contributed by atoms with Crippen LogP contribution in [0.25, 0.3) is 0 Å². The van der Waals surface area contributed by atoms with Crippen molar-refractivity contribution in [3.05, 3.63) is 44.7 Å². The number of nitrogens with two attached hydrogens (primary N) is 2. The molecular formula is C20H17I4N5O4. The number of nitrogens with zero attached hydrogens (tertiary/aromatic N) is 3. The third kappa shape index (κ3) is 8.17. The van der Waals surface area contributed by atoms with Crippen molar-refractivity contribution in [3.63, 3.8) is 0 Å². The number of rotatable bonds is 6. The van der Waals surface area contributed by atoms with Gasteiger partial charge < -0.3 is 30.4 Å². The van der Waals surface area contributed by atoms with Gasteiger partial charge in [-0.05, 0) is 115 Å². The van der Waals surface area contributed by atoms with Crippen LogP contribution in [0, 0.1) is 25.6 Å². The molecule has 3 rings (SSSR count). The zero-order chi connectivity index (χ0) is 24.5. The van der Waals surface area contributed by atoms with E-state index in [9.17, 15) is 0 Å². The molecule has 0 aliphatic rings. The summed E-state index contributed by atoms with van der Waals surface area (Å²) in [6.07, 6.45) is 1.45. The molecule has 0 saturated carbocycles. The van der Waals surface area contributed by atoms with E-state index in [-0.39, 0.29) is 18.4 Å². The average Bonchev–Trinajstić information content (AvgIpc) is 2.78. The van der Waals surface area contributed by atoms with Gasteiger partial charge in [-0.2, -0.15) is 10.2 Å². The van der Waals surface area contributed by atoms with Crippen molar-refractivity contribution >= 4 is 102 Å². The molecule has 0 atom stereocenters. The third-order valence-electron chi connectivity index (χ3n) is 3.73. The second-order valence-electron chi connectivity index (χ2n) is 5.86. The molecular weight excluding hydrogens is 882 g/mol. The summed E-state index contributed by atoms with van der Waals surface area (Å²) in [5.41, 5.74) is 11.2. The van der Waals surface area contributed by atoms with E-state index in [4.69, 9.17) is 35.7 Å². The zero-order valence-corrected chi connectivity index (χ0v) is 25.9. The Morgan fingerprint density at radius 2 is 1.30 bits per heavy atom. The molecule has 4 N–H and O–H groups in total. The van der Waals surface area contributed by atoms with Crippen molar-refractivity contribution in [1.29, 1.82) is 5.26 Å². The minimum absolute atomic E-state index is 0.0679. The second-order valence-corrected chi connectivity index (χ2v) is 10.5. The Morgan fingerprint density at radius 3 is 1.82 bits per heavy atom. The molecule has 0 aliphatic carbocycles. The highest BCUT2D eigenvalue weighted by Gasteiger charge is 2.12. The number of methoxy groups -OCH3 is 2. The molecule has 9 nitrogen and oxygen atoms in total. The van der Waals surface area contributed by atoms with Crippen LogP contribution in [-0.4, -0.2) is 30.8 Å². The molecule has 13 heteroatoms. The van der Waals surface area contributed by atoms with Crippen molar-refractivity contribution in [2.24, 2.45) is 0 Å². The topological polar surface area (TPSA) is 139 Å². The highest BCUT2D eigenvalue weighted by atomic mass is 127. The molecule has 0 bridgehead atoms. The maximum atomic E-state index is 8.38. The maximum absolute atomic E-state index is 8.38. The Balaban J connectivity index is 0.000000245. The Bertz CT molecular complexity index is 1170. The van der Waals surface area contributed by atoms with Gasteiger partial charge in [0, 0.05) is 0 Å². The number of nitrogen functional groups attached to an aromatic ring is 2. The fourth-order valence-corrected chi connectivity index (χ4v) is 4.69. The van der Waals surface area contributed by atoms with Gasteiger partial charge in [-0.15, -0.1) is 0 Å².